The lowest BCUT2D eigenvalue weighted by molar-refractivity contribution is -0.142. The minimum atomic E-state index is -0.427. The fraction of sp³-hybridized carbons (Fsp3) is 0.529. The molecule has 124 valence electrons. The number of amides is 1. The van der Waals surface area contributed by atoms with Gasteiger partial charge in [0, 0.05) is 11.6 Å². The van der Waals surface area contributed by atoms with Crippen LogP contribution < -0.4 is 15.4 Å². The zero-order valence-corrected chi connectivity index (χ0v) is 13.3. The molecule has 1 amide bonds. The largest absolute Gasteiger partial charge is 0.482 e. The van der Waals surface area contributed by atoms with Crippen molar-refractivity contribution in [3.8, 4) is 5.75 Å². The van der Waals surface area contributed by atoms with Crippen LogP contribution in [0.2, 0.25) is 0 Å². The molecule has 1 unspecified atom stereocenters. The zero-order chi connectivity index (χ0) is 16.3. The third-order valence-electron chi connectivity index (χ3n) is 4.81. The number of carbonyl (C=O) groups is 2. The lowest BCUT2D eigenvalue weighted by Gasteiger charge is -2.23. The van der Waals surface area contributed by atoms with E-state index in [-0.39, 0.29) is 23.8 Å². The predicted molar refractivity (Wildman–Crippen MR) is 85.2 cm³/mol. The summed E-state index contributed by atoms with van der Waals surface area (Å²) in [6, 6.07) is 7.02. The summed E-state index contributed by atoms with van der Waals surface area (Å²) in [4.78, 5) is 23.4. The van der Waals surface area contributed by atoms with Crippen molar-refractivity contribution < 1.29 is 19.1 Å². The zero-order valence-electron chi connectivity index (χ0n) is 13.3. The Bertz CT molecular complexity index is 579. The van der Waals surface area contributed by atoms with E-state index in [0.717, 1.165) is 38.0 Å². The SMILES string of the molecule is COC(=O)COc1ccc(NC(=O)C2CC23CCNCC3)cc1. The number of piperidine rings is 1. The molecule has 6 heteroatoms. The van der Waals surface area contributed by atoms with Crippen LogP contribution in [0.5, 0.6) is 5.75 Å². The van der Waals surface area contributed by atoms with E-state index in [4.69, 9.17) is 4.74 Å². The molecule has 1 aliphatic carbocycles. The van der Waals surface area contributed by atoms with Crippen molar-refractivity contribution in [2.45, 2.75) is 19.3 Å². The number of hydrogen-bond donors (Lipinski definition) is 2. The Morgan fingerprint density at radius 3 is 2.61 bits per heavy atom. The number of benzene rings is 1. The summed E-state index contributed by atoms with van der Waals surface area (Å²) < 4.78 is 9.79. The second kappa shape index (κ2) is 6.58. The summed E-state index contributed by atoms with van der Waals surface area (Å²) in [5, 5.41) is 6.31. The molecule has 1 heterocycles. The average molecular weight is 318 g/mol. The second-order valence-corrected chi connectivity index (χ2v) is 6.25. The number of nitrogens with one attached hydrogen (secondary N) is 2. The molecule has 2 N–H and O–H groups in total. The molecule has 1 aliphatic heterocycles. The molecule has 3 rings (SSSR count). The Hall–Kier alpha value is -2.08. The minimum absolute atomic E-state index is 0.107. The maximum absolute atomic E-state index is 12.4. The summed E-state index contributed by atoms with van der Waals surface area (Å²) in [6.07, 6.45) is 3.18. The standard InChI is InChI=1S/C17H22N2O4/c1-22-15(20)11-23-13-4-2-12(3-5-13)19-16(21)14-10-17(14)6-8-18-9-7-17/h2-5,14,18H,6-11H2,1H3,(H,19,21). The molecular weight excluding hydrogens is 296 g/mol. The molecule has 1 saturated carbocycles. The highest BCUT2D eigenvalue weighted by molar-refractivity contribution is 5.95. The van der Waals surface area contributed by atoms with Crippen LogP contribution in [-0.2, 0) is 14.3 Å². The van der Waals surface area contributed by atoms with Crippen LogP contribution >= 0.6 is 0 Å². The number of hydrogen-bond acceptors (Lipinski definition) is 5. The Balaban J connectivity index is 1.50. The highest BCUT2D eigenvalue weighted by Crippen LogP contribution is 2.58. The van der Waals surface area contributed by atoms with E-state index in [1.807, 2.05) is 0 Å². The summed E-state index contributed by atoms with van der Waals surface area (Å²) >= 11 is 0. The predicted octanol–water partition coefficient (Wildman–Crippen LogP) is 1.57. The molecule has 0 aromatic heterocycles. The monoisotopic (exact) mass is 318 g/mol. The van der Waals surface area contributed by atoms with Crippen molar-refractivity contribution in [3.05, 3.63) is 24.3 Å². The van der Waals surface area contributed by atoms with Gasteiger partial charge in [0.05, 0.1) is 7.11 Å². The normalized spacial score (nSPS) is 21.5. The molecule has 1 aromatic carbocycles. The first-order chi connectivity index (χ1) is 11.1. The molecule has 0 radical (unpaired) electrons. The fourth-order valence-electron chi connectivity index (χ4n) is 3.26. The van der Waals surface area contributed by atoms with Crippen LogP contribution in [0, 0.1) is 11.3 Å². The van der Waals surface area contributed by atoms with Gasteiger partial charge in [-0.25, -0.2) is 4.79 Å². The van der Waals surface area contributed by atoms with Gasteiger partial charge in [-0.3, -0.25) is 4.79 Å². The minimum Gasteiger partial charge on any atom is -0.482 e. The van der Waals surface area contributed by atoms with Gasteiger partial charge >= 0.3 is 5.97 Å². The number of anilines is 1. The molecule has 2 fully saturated rings. The third kappa shape index (κ3) is 3.64. The van der Waals surface area contributed by atoms with Crippen molar-refractivity contribution >= 4 is 17.6 Å². The highest BCUT2D eigenvalue weighted by atomic mass is 16.6. The van der Waals surface area contributed by atoms with Gasteiger partial charge in [-0.05, 0) is 62.0 Å². The van der Waals surface area contributed by atoms with E-state index < -0.39 is 5.97 Å². The van der Waals surface area contributed by atoms with Crippen molar-refractivity contribution in [1.29, 1.82) is 0 Å². The number of rotatable bonds is 5. The van der Waals surface area contributed by atoms with Crippen molar-refractivity contribution in [2.75, 3.05) is 32.1 Å². The Morgan fingerprint density at radius 1 is 1.26 bits per heavy atom. The Labute approximate surface area is 135 Å². The van der Waals surface area contributed by atoms with Gasteiger partial charge in [0.15, 0.2) is 6.61 Å². The van der Waals surface area contributed by atoms with E-state index >= 15 is 0 Å². The molecule has 1 aromatic rings. The summed E-state index contributed by atoms with van der Waals surface area (Å²) in [6.45, 7) is 1.90. The van der Waals surface area contributed by atoms with Gasteiger partial charge in [-0.15, -0.1) is 0 Å². The lowest BCUT2D eigenvalue weighted by atomic mass is 9.92. The van der Waals surface area contributed by atoms with Crippen LogP contribution in [0.1, 0.15) is 19.3 Å². The lowest BCUT2D eigenvalue weighted by Crippen LogP contribution is -2.31. The Morgan fingerprint density at radius 2 is 1.96 bits per heavy atom. The molecule has 1 saturated heterocycles. The molecule has 1 atom stereocenters. The first kappa shape index (κ1) is 15.8. The van der Waals surface area contributed by atoms with Crippen molar-refractivity contribution in [3.63, 3.8) is 0 Å². The third-order valence-corrected chi connectivity index (χ3v) is 4.81. The summed E-state index contributed by atoms with van der Waals surface area (Å²) in [7, 11) is 1.32. The number of carbonyl (C=O) groups excluding carboxylic acids is 2. The van der Waals surface area contributed by atoms with Crippen molar-refractivity contribution in [2.24, 2.45) is 11.3 Å². The van der Waals surface area contributed by atoms with Crippen LogP contribution in [-0.4, -0.2) is 38.7 Å². The van der Waals surface area contributed by atoms with E-state index in [0.29, 0.717) is 5.75 Å². The molecule has 0 bridgehead atoms. The fourth-order valence-corrected chi connectivity index (χ4v) is 3.26. The van der Waals surface area contributed by atoms with Crippen LogP contribution in [0.4, 0.5) is 5.69 Å². The topological polar surface area (TPSA) is 76.7 Å². The Kier molecular flexibility index (Phi) is 4.52. The first-order valence-electron chi connectivity index (χ1n) is 7.94. The quantitative estimate of drug-likeness (QED) is 0.806. The summed E-state index contributed by atoms with van der Waals surface area (Å²) in [5.41, 5.74) is 0.982. The van der Waals surface area contributed by atoms with E-state index in [2.05, 4.69) is 15.4 Å². The van der Waals surface area contributed by atoms with Crippen molar-refractivity contribution in [1.82, 2.24) is 5.32 Å². The second-order valence-electron chi connectivity index (χ2n) is 6.25. The van der Waals surface area contributed by atoms with Crippen LogP contribution in [0.25, 0.3) is 0 Å². The molecular formula is C17H22N2O4. The van der Waals surface area contributed by atoms with Crippen LogP contribution in [0.15, 0.2) is 24.3 Å². The molecule has 1 spiro atoms. The molecule has 2 aliphatic rings. The number of ether oxygens (including phenoxy) is 2. The van der Waals surface area contributed by atoms with Gasteiger partial charge < -0.3 is 20.1 Å². The molecule has 23 heavy (non-hydrogen) atoms. The number of methoxy groups -OCH3 is 1. The van der Waals surface area contributed by atoms with E-state index in [1.54, 1.807) is 24.3 Å². The summed E-state index contributed by atoms with van der Waals surface area (Å²) in [5.74, 6) is 0.382. The maximum atomic E-state index is 12.4. The number of esters is 1. The first-order valence-corrected chi connectivity index (χ1v) is 7.94. The molecule has 6 nitrogen and oxygen atoms in total. The smallest absolute Gasteiger partial charge is 0.343 e. The van der Waals surface area contributed by atoms with Gasteiger partial charge in [0.2, 0.25) is 5.91 Å². The van der Waals surface area contributed by atoms with Crippen LogP contribution in [0.3, 0.4) is 0 Å². The van der Waals surface area contributed by atoms with Gasteiger partial charge in [-0.1, -0.05) is 0 Å². The van der Waals surface area contributed by atoms with Gasteiger partial charge in [0.25, 0.3) is 0 Å². The van der Waals surface area contributed by atoms with E-state index in [1.165, 1.54) is 7.11 Å². The highest BCUT2D eigenvalue weighted by Gasteiger charge is 2.57. The maximum Gasteiger partial charge on any atom is 0.343 e. The van der Waals surface area contributed by atoms with Gasteiger partial charge in [-0.2, -0.15) is 0 Å². The average Bonchev–Trinajstić information content (AvgIpc) is 3.27. The van der Waals surface area contributed by atoms with E-state index in [9.17, 15) is 9.59 Å². The van der Waals surface area contributed by atoms with Gasteiger partial charge in [0.1, 0.15) is 5.75 Å².